The van der Waals surface area contributed by atoms with Crippen molar-refractivity contribution in [3.63, 3.8) is 0 Å². The number of ether oxygens (including phenoxy) is 1. The molecule has 2 unspecified atom stereocenters. The van der Waals surface area contributed by atoms with Gasteiger partial charge in [-0.3, -0.25) is 10.1 Å². The number of hydrogen-bond donors (Lipinski definition) is 0. The minimum absolute atomic E-state index is 0.0892. The third-order valence-corrected chi connectivity index (χ3v) is 7.35. The summed E-state index contributed by atoms with van der Waals surface area (Å²) in [5.41, 5.74) is 0.802. The zero-order chi connectivity index (χ0) is 24.7. The topological polar surface area (TPSA) is 89.8 Å². The second-order valence-corrected chi connectivity index (χ2v) is 9.72. The van der Waals surface area contributed by atoms with Gasteiger partial charge in [-0.15, -0.1) is 0 Å². The maximum Gasteiger partial charge on any atom is 0.416 e. The lowest BCUT2D eigenvalue weighted by molar-refractivity contribution is -0.384. The SMILES string of the molecule is Cc1ccc(C2CN(S(=O)(=O)c3ccc([N+](=O)[O-])cc3)C(c3ccc(C(F)(F)F)cc3)O2)cc1. The monoisotopic (exact) mass is 492 g/mol. The predicted molar refractivity (Wildman–Crippen MR) is 116 cm³/mol. The Morgan fingerprint density at radius 3 is 2.03 bits per heavy atom. The minimum Gasteiger partial charge on any atom is -0.349 e. The first-order valence-corrected chi connectivity index (χ1v) is 11.6. The number of alkyl halides is 3. The van der Waals surface area contributed by atoms with E-state index in [0.29, 0.717) is 5.56 Å². The zero-order valence-electron chi connectivity index (χ0n) is 17.8. The van der Waals surface area contributed by atoms with Crippen LogP contribution in [0.15, 0.2) is 77.7 Å². The summed E-state index contributed by atoms with van der Waals surface area (Å²) >= 11 is 0. The molecule has 1 fully saturated rings. The number of aryl methyl sites for hydroxylation is 1. The van der Waals surface area contributed by atoms with Crippen molar-refractivity contribution in [3.05, 3.63) is 105 Å². The predicted octanol–water partition coefficient (Wildman–Crippen LogP) is 5.38. The first-order valence-electron chi connectivity index (χ1n) is 10.1. The van der Waals surface area contributed by atoms with E-state index in [0.717, 1.165) is 46.3 Å². The van der Waals surface area contributed by atoms with E-state index in [1.54, 1.807) is 12.1 Å². The third kappa shape index (κ3) is 4.67. The quantitative estimate of drug-likeness (QED) is 0.352. The molecule has 11 heteroatoms. The van der Waals surface area contributed by atoms with E-state index in [-0.39, 0.29) is 22.7 Å². The van der Waals surface area contributed by atoms with E-state index < -0.39 is 39.0 Å². The van der Waals surface area contributed by atoms with Gasteiger partial charge in [0.25, 0.3) is 5.69 Å². The lowest BCUT2D eigenvalue weighted by atomic mass is 10.1. The first-order chi connectivity index (χ1) is 16.0. The largest absolute Gasteiger partial charge is 0.416 e. The molecule has 34 heavy (non-hydrogen) atoms. The van der Waals surface area contributed by atoms with Gasteiger partial charge in [0.1, 0.15) is 0 Å². The summed E-state index contributed by atoms with van der Waals surface area (Å²) in [6.45, 7) is 1.81. The average molecular weight is 492 g/mol. The van der Waals surface area contributed by atoms with Gasteiger partial charge < -0.3 is 4.74 Å². The molecule has 0 amide bonds. The van der Waals surface area contributed by atoms with Crippen LogP contribution in [0.1, 0.15) is 34.6 Å². The number of nitro benzene ring substituents is 1. The molecule has 4 rings (SSSR count). The molecule has 0 saturated carbocycles. The van der Waals surface area contributed by atoms with Gasteiger partial charge >= 0.3 is 6.18 Å². The van der Waals surface area contributed by atoms with Crippen molar-refractivity contribution >= 4 is 15.7 Å². The second-order valence-electron chi connectivity index (χ2n) is 7.83. The number of nitrogens with zero attached hydrogens (tertiary/aromatic N) is 2. The van der Waals surface area contributed by atoms with E-state index in [9.17, 15) is 31.7 Å². The van der Waals surface area contributed by atoms with E-state index in [1.165, 1.54) is 12.1 Å². The van der Waals surface area contributed by atoms with Crippen LogP contribution in [0, 0.1) is 17.0 Å². The molecule has 0 aromatic heterocycles. The fourth-order valence-electron chi connectivity index (χ4n) is 3.67. The maximum atomic E-state index is 13.5. The standard InChI is InChI=1S/C23H19F3N2O5S/c1-15-2-4-16(5-3-15)21-14-27(34(31,32)20-12-10-19(11-13-20)28(29)30)22(33-21)17-6-8-18(9-7-17)23(24,25)26/h2-13,21-22H,14H2,1H3. The summed E-state index contributed by atoms with van der Waals surface area (Å²) < 4.78 is 73.0. The third-order valence-electron chi connectivity index (χ3n) is 5.53. The highest BCUT2D eigenvalue weighted by molar-refractivity contribution is 7.89. The molecule has 1 aliphatic rings. The molecule has 1 saturated heterocycles. The van der Waals surface area contributed by atoms with Gasteiger partial charge in [0, 0.05) is 18.7 Å². The fraction of sp³-hybridized carbons (Fsp3) is 0.217. The maximum absolute atomic E-state index is 13.5. The van der Waals surface area contributed by atoms with Crippen molar-refractivity contribution in [3.8, 4) is 0 Å². The number of nitro groups is 1. The number of halogens is 3. The molecule has 0 radical (unpaired) electrons. The molecule has 1 heterocycles. The molecular weight excluding hydrogens is 473 g/mol. The molecule has 2 atom stereocenters. The van der Waals surface area contributed by atoms with Crippen molar-refractivity contribution in [2.45, 2.75) is 30.3 Å². The van der Waals surface area contributed by atoms with Crippen LogP contribution >= 0.6 is 0 Å². The molecule has 0 N–H and O–H groups in total. The molecule has 7 nitrogen and oxygen atoms in total. The van der Waals surface area contributed by atoms with Crippen LogP contribution < -0.4 is 0 Å². The molecule has 0 spiro atoms. The van der Waals surface area contributed by atoms with E-state index >= 15 is 0 Å². The van der Waals surface area contributed by atoms with Crippen LogP contribution in [0.4, 0.5) is 18.9 Å². The average Bonchev–Trinajstić information content (AvgIpc) is 3.25. The zero-order valence-corrected chi connectivity index (χ0v) is 18.6. The molecule has 0 bridgehead atoms. The Kier molecular flexibility index (Phi) is 6.19. The fourth-order valence-corrected chi connectivity index (χ4v) is 5.18. The molecule has 3 aromatic rings. The molecule has 1 aliphatic heterocycles. The summed E-state index contributed by atoms with van der Waals surface area (Å²) in [5, 5.41) is 10.9. The Labute approximate surface area is 193 Å². The van der Waals surface area contributed by atoms with Crippen LogP contribution in [-0.2, 0) is 20.9 Å². The Bertz CT molecular complexity index is 1290. The number of hydrogen-bond acceptors (Lipinski definition) is 5. The van der Waals surface area contributed by atoms with E-state index in [2.05, 4.69) is 0 Å². The molecular formula is C23H19F3N2O5S. The van der Waals surface area contributed by atoms with Crippen LogP contribution in [0.2, 0.25) is 0 Å². The number of benzene rings is 3. The van der Waals surface area contributed by atoms with Crippen molar-refractivity contribution in [1.82, 2.24) is 4.31 Å². The van der Waals surface area contributed by atoms with Crippen molar-refractivity contribution in [2.24, 2.45) is 0 Å². The highest BCUT2D eigenvalue weighted by atomic mass is 32.2. The minimum atomic E-state index is -4.54. The van der Waals surface area contributed by atoms with Crippen molar-refractivity contribution in [2.75, 3.05) is 6.54 Å². The number of non-ortho nitro benzene ring substituents is 1. The summed E-state index contributed by atoms with van der Waals surface area (Å²) in [4.78, 5) is 10.1. The van der Waals surface area contributed by atoms with Gasteiger partial charge in [-0.25, -0.2) is 8.42 Å². The molecule has 3 aromatic carbocycles. The normalized spacial score (nSPS) is 19.3. The van der Waals surface area contributed by atoms with Gasteiger partial charge in [-0.2, -0.15) is 17.5 Å². The summed E-state index contributed by atoms with van der Waals surface area (Å²) in [7, 11) is -4.20. The highest BCUT2D eigenvalue weighted by Gasteiger charge is 2.43. The second kappa shape index (κ2) is 8.82. The van der Waals surface area contributed by atoms with Crippen LogP contribution in [0.25, 0.3) is 0 Å². The molecule has 0 aliphatic carbocycles. The Balaban J connectivity index is 1.73. The number of sulfonamides is 1. The Morgan fingerprint density at radius 1 is 0.941 bits per heavy atom. The van der Waals surface area contributed by atoms with Crippen LogP contribution in [-0.4, -0.2) is 24.2 Å². The van der Waals surface area contributed by atoms with Gasteiger partial charge in [-0.05, 0) is 42.3 Å². The summed E-state index contributed by atoms with van der Waals surface area (Å²) in [5.74, 6) is 0. The van der Waals surface area contributed by atoms with Gasteiger partial charge in [-0.1, -0.05) is 42.0 Å². The number of rotatable bonds is 5. The Hall–Kier alpha value is -3.28. The summed E-state index contributed by atoms with van der Waals surface area (Å²) in [6, 6.07) is 15.8. The summed E-state index contributed by atoms with van der Waals surface area (Å²) in [6.07, 6.45) is -6.39. The van der Waals surface area contributed by atoms with Gasteiger partial charge in [0.05, 0.1) is 21.5 Å². The Morgan fingerprint density at radius 2 is 1.50 bits per heavy atom. The lowest BCUT2D eigenvalue weighted by Gasteiger charge is -2.23. The van der Waals surface area contributed by atoms with Crippen LogP contribution in [0.3, 0.4) is 0 Å². The van der Waals surface area contributed by atoms with Crippen LogP contribution in [0.5, 0.6) is 0 Å². The lowest BCUT2D eigenvalue weighted by Crippen LogP contribution is -2.31. The first kappa shape index (κ1) is 23.9. The highest BCUT2D eigenvalue weighted by Crippen LogP contribution is 2.42. The van der Waals surface area contributed by atoms with E-state index in [1.807, 2.05) is 19.1 Å². The van der Waals surface area contributed by atoms with Gasteiger partial charge in [0.2, 0.25) is 10.0 Å². The van der Waals surface area contributed by atoms with E-state index in [4.69, 9.17) is 4.74 Å². The smallest absolute Gasteiger partial charge is 0.349 e. The van der Waals surface area contributed by atoms with Gasteiger partial charge in [0.15, 0.2) is 6.23 Å². The molecule has 178 valence electrons. The van der Waals surface area contributed by atoms with Crippen molar-refractivity contribution in [1.29, 1.82) is 0 Å². The van der Waals surface area contributed by atoms with Crippen molar-refractivity contribution < 1.29 is 31.2 Å².